The van der Waals surface area contributed by atoms with Crippen molar-refractivity contribution in [3.8, 4) is 0 Å². The van der Waals surface area contributed by atoms with Gasteiger partial charge in [0.25, 0.3) is 0 Å². The van der Waals surface area contributed by atoms with Crippen LogP contribution in [-0.4, -0.2) is 0 Å². The molecule has 0 amide bonds. The Balaban J connectivity index is 1.93. The van der Waals surface area contributed by atoms with E-state index in [0.29, 0.717) is 5.41 Å². The largest absolute Gasteiger partial charge is 0.0628 e. The third-order valence-electron chi connectivity index (χ3n) is 6.67. The molecule has 0 aromatic rings. The number of fused-ring (bicyclic) bond motifs is 1. The van der Waals surface area contributed by atoms with E-state index in [1.807, 2.05) is 0 Å². The lowest BCUT2D eigenvalue weighted by Gasteiger charge is -2.46. The molecular formula is C19H36. The fourth-order valence-electron chi connectivity index (χ4n) is 5.59. The summed E-state index contributed by atoms with van der Waals surface area (Å²) >= 11 is 0. The van der Waals surface area contributed by atoms with Crippen LogP contribution in [0.1, 0.15) is 86.0 Å². The van der Waals surface area contributed by atoms with Crippen LogP contribution >= 0.6 is 0 Å². The lowest BCUT2D eigenvalue weighted by atomic mass is 9.59. The van der Waals surface area contributed by atoms with Gasteiger partial charge in [-0.15, -0.1) is 0 Å². The minimum absolute atomic E-state index is 0.689. The highest BCUT2D eigenvalue weighted by Crippen LogP contribution is 2.59. The van der Waals surface area contributed by atoms with E-state index in [0.717, 1.165) is 29.6 Å². The van der Waals surface area contributed by atoms with Crippen molar-refractivity contribution in [3.63, 3.8) is 0 Å². The number of hydrogen-bond acceptors (Lipinski definition) is 0. The summed E-state index contributed by atoms with van der Waals surface area (Å²) in [5.41, 5.74) is 0.689. The first kappa shape index (κ1) is 15.4. The molecule has 2 aliphatic carbocycles. The molecule has 0 bridgehead atoms. The Morgan fingerprint density at radius 2 is 1.79 bits per heavy atom. The van der Waals surface area contributed by atoms with Crippen molar-refractivity contribution in [3.05, 3.63) is 0 Å². The molecule has 0 saturated heterocycles. The van der Waals surface area contributed by atoms with Crippen LogP contribution in [0.15, 0.2) is 0 Å². The Bertz CT molecular complexity index is 280. The van der Waals surface area contributed by atoms with Gasteiger partial charge in [0.15, 0.2) is 0 Å². The summed E-state index contributed by atoms with van der Waals surface area (Å²) in [5.74, 6) is 4.89. The van der Waals surface area contributed by atoms with Crippen LogP contribution in [0.25, 0.3) is 0 Å². The van der Waals surface area contributed by atoms with Gasteiger partial charge in [-0.05, 0) is 54.3 Å². The van der Waals surface area contributed by atoms with Crippen LogP contribution in [0.3, 0.4) is 0 Å². The molecule has 2 rings (SSSR count). The molecule has 0 nitrogen and oxygen atoms in total. The average Bonchev–Trinajstić information content (AvgIpc) is 2.67. The van der Waals surface area contributed by atoms with Crippen molar-refractivity contribution in [2.24, 2.45) is 35.0 Å². The van der Waals surface area contributed by atoms with Crippen LogP contribution < -0.4 is 0 Å². The van der Waals surface area contributed by atoms with Crippen molar-refractivity contribution in [2.75, 3.05) is 0 Å². The molecule has 0 unspecified atom stereocenters. The third-order valence-corrected chi connectivity index (χ3v) is 6.67. The molecule has 0 radical (unpaired) electrons. The van der Waals surface area contributed by atoms with E-state index in [2.05, 4.69) is 34.6 Å². The highest BCUT2D eigenvalue weighted by Gasteiger charge is 2.50. The van der Waals surface area contributed by atoms with E-state index in [1.54, 1.807) is 0 Å². The first-order valence-electron chi connectivity index (χ1n) is 8.95. The molecular weight excluding hydrogens is 228 g/mol. The first-order valence-corrected chi connectivity index (χ1v) is 8.95. The normalized spacial score (nSPS) is 40.4. The molecule has 5 atom stereocenters. The summed E-state index contributed by atoms with van der Waals surface area (Å²) in [6.45, 7) is 12.4. The average molecular weight is 264 g/mol. The molecule has 2 fully saturated rings. The molecule has 0 heteroatoms. The SMILES string of the molecule is CC(C)CCC[C@H](C)[C@H]1CC[C@H]2[C@@H](C)CCC[C@]12C. The summed E-state index contributed by atoms with van der Waals surface area (Å²) < 4.78 is 0. The molecule has 0 aromatic heterocycles. The van der Waals surface area contributed by atoms with E-state index >= 15 is 0 Å². The highest BCUT2D eigenvalue weighted by atomic mass is 14.6. The van der Waals surface area contributed by atoms with E-state index in [9.17, 15) is 0 Å². The van der Waals surface area contributed by atoms with E-state index in [-0.39, 0.29) is 0 Å². The zero-order valence-electron chi connectivity index (χ0n) is 14.0. The maximum Gasteiger partial charge on any atom is -0.0264 e. The molecule has 0 aliphatic heterocycles. The summed E-state index contributed by atoms with van der Waals surface area (Å²) in [5, 5.41) is 0. The lowest BCUT2D eigenvalue weighted by molar-refractivity contribution is 0.0345. The predicted molar refractivity (Wildman–Crippen MR) is 85.2 cm³/mol. The van der Waals surface area contributed by atoms with Gasteiger partial charge in [0.2, 0.25) is 0 Å². The van der Waals surface area contributed by atoms with Gasteiger partial charge in [-0.25, -0.2) is 0 Å². The van der Waals surface area contributed by atoms with E-state index in [4.69, 9.17) is 0 Å². The minimum atomic E-state index is 0.689. The fourth-order valence-corrected chi connectivity index (χ4v) is 5.59. The van der Waals surface area contributed by atoms with Crippen molar-refractivity contribution >= 4 is 0 Å². The van der Waals surface area contributed by atoms with Gasteiger partial charge in [-0.1, -0.05) is 66.7 Å². The second-order valence-corrected chi connectivity index (χ2v) is 8.47. The molecule has 112 valence electrons. The summed E-state index contributed by atoms with van der Waals surface area (Å²) in [4.78, 5) is 0. The Kier molecular flexibility index (Phi) is 5.01. The van der Waals surface area contributed by atoms with Gasteiger partial charge in [0.05, 0.1) is 0 Å². The Morgan fingerprint density at radius 1 is 1.05 bits per heavy atom. The lowest BCUT2D eigenvalue weighted by Crippen LogP contribution is -2.38. The van der Waals surface area contributed by atoms with Crippen LogP contribution in [0.4, 0.5) is 0 Å². The smallest absolute Gasteiger partial charge is 0.0264 e. The molecule has 19 heavy (non-hydrogen) atoms. The second-order valence-electron chi connectivity index (χ2n) is 8.47. The molecule has 2 aliphatic rings. The fraction of sp³-hybridized carbons (Fsp3) is 1.00. The maximum absolute atomic E-state index is 2.64. The van der Waals surface area contributed by atoms with Crippen molar-refractivity contribution in [1.82, 2.24) is 0 Å². The summed E-state index contributed by atoms with van der Waals surface area (Å²) in [6, 6.07) is 0. The standard InChI is InChI=1S/C19H36/c1-14(2)8-6-9-15(3)17-11-12-18-16(4)10-7-13-19(17,18)5/h14-18H,6-13H2,1-5H3/t15-,16-,17+,18-,19+/m0/s1. The molecule has 0 N–H and O–H groups in total. The zero-order chi connectivity index (χ0) is 14.0. The topological polar surface area (TPSA) is 0 Å². The van der Waals surface area contributed by atoms with Crippen LogP contribution in [0, 0.1) is 35.0 Å². The monoisotopic (exact) mass is 264 g/mol. The quantitative estimate of drug-likeness (QED) is 0.546. The molecule has 0 spiro atoms. The van der Waals surface area contributed by atoms with Crippen molar-refractivity contribution < 1.29 is 0 Å². The first-order chi connectivity index (χ1) is 8.95. The van der Waals surface area contributed by atoms with Gasteiger partial charge < -0.3 is 0 Å². The predicted octanol–water partition coefficient (Wildman–Crippen LogP) is 6.30. The van der Waals surface area contributed by atoms with Gasteiger partial charge >= 0.3 is 0 Å². The van der Waals surface area contributed by atoms with E-state index in [1.165, 1.54) is 51.4 Å². The molecule has 0 heterocycles. The number of rotatable bonds is 5. The van der Waals surface area contributed by atoms with E-state index < -0.39 is 0 Å². The van der Waals surface area contributed by atoms with Gasteiger partial charge in [0, 0.05) is 0 Å². The summed E-state index contributed by atoms with van der Waals surface area (Å²) in [7, 11) is 0. The number of hydrogen-bond donors (Lipinski definition) is 0. The van der Waals surface area contributed by atoms with Crippen LogP contribution in [0.5, 0.6) is 0 Å². The van der Waals surface area contributed by atoms with Crippen LogP contribution in [0.2, 0.25) is 0 Å². The van der Waals surface area contributed by atoms with Gasteiger partial charge in [-0.3, -0.25) is 0 Å². The van der Waals surface area contributed by atoms with Gasteiger partial charge in [0.1, 0.15) is 0 Å². The zero-order valence-corrected chi connectivity index (χ0v) is 14.0. The highest BCUT2D eigenvalue weighted by molar-refractivity contribution is 5.00. The Hall–Kier alpha value is 0. The van der Waals surface area contributed by atoms with Crippen molar-refractivity contribution in [2.45, 2.75) is 86.0 Å². The molecule has 0 aromatic carbocycles. The van der Waals surface area contributed by atoms with Gasteiger partial charge in [-0.2, -0.15) is 0 Å². The second kappa shape index (κ2) is 6.19. The molecule has 2 saturated carbocycles. The third kappa shape index (κ3) is 3.19. The maximum atomic E-state index is 2.64. The Morgan fingerprint density at radius 3 is 2.47 bits per heavy atom. The van der Waals surface area contributed by atoms with Crippen LogP contribution in [-0.2, 0) is 0 Å². The van der Waals surface area contributed by atoms with Crippen molar-refractivity contribution in [1.29, 1.82) is 0 Å². The summed E-state index contributed by atoms with van der Waals surface area (Å²) in [6.07, 6.45) is 11.9. The minimum Gasteiger partial charge on any atom is -0.0628 e. The Labute approximate surface area is 121 Å².